The summed E-state index contributed by atoms with van der Waals surface area (Å²) in [5.41, 5.74) is 2.17. The number of carbonyl (C=O) groups excluding carboxylic acids is 1. The summed E-state index contributed by atoms with van der Waals surface area (Å²) in [6.07, 6.45) is 0.924. The van der Waals surface area contributed by atoms with E-state index in [0.717, 1.165) is 17.6 Å². The third-order valence-corrected chi connectivity index (χ3v) is 1.95. The van der Waals surface area contributed by atoms with Crippen molar-refractivity contribution in [1.29, 1.82) is 0 Å². The van der Waals surface area contributed by atoms with E-state index in [1.165, 1.54) is 6.92 Å². The van der Waals surface area contributed by atoms with Crippen LogP contribution >= 0.6 is 0 Å². The molecule has 0 N–H and O–H groups in total. The van der Waals surface area contributed by atoms with Crippen molar-refractivity contribution in [1.82, 2.24) is 0 Å². The first-order valence-electron chi connectivity index (χ1n) is 4.60. The maximum Gasteiger partial charge on any atom is 0.308 e. The second-order valence-corrected chi connectivity index (χ2v) is 3.08. The van der Waals surface area contributed by atoms with Gasteiger partial charge in [-0.15, -0.1) is 0 Å². The van der Waals surface area contributed by atoms with Crippen LogP contribution in [0.2, 0.25) is 0 Å². The summed E-state index contributed by atoms with van der Waals surface area (Å²) in [4.78, 5) is 10.6. The standard InChI is InChI=1S/C12H14O2/c1-4-9(2)11-5-7-12(8-6-11)14-10(3)13/h5-8H,2,4H2,1,3H3. The van der Waals surface area contributed by atoms with Crippen LogP contribution in [0.1, 0.15) is 25.8 Å². The SMILES string of the molecule is C=C(CC)c1ccc(OC(C)=O)cc1. The third-order valence-electron chi connectivity index (χ3n) is 1.95. The van der Waals surface area contributed by atoms with Crippen LogP contribution in [-0.4, -0.2) is 5.97 Å². The predicted octanol–water partition coefficient (Wildman–Crippen LogP) is 3.04. The number of benzene rings is 1. The first-order valence-corrected chi connectivity index (χ1v) is 4.60. The monoisotopic (exact) mass is 190 g/mol. The van der Waals surface area contributed by atoms with Crippen molar-refractivity contribution >= 4 is 11.5 Å². The minimum atomic E-state index is -0.299. The highest BCUT2D eigenvalue weighted by Crippen LogP contribution is 2.19. The minimum Gasteiger partial charge on any atom is -0.427 e. The van der Waals surface area contributed by atoms with Gasteiger partial charge in [0.1, 0.15) is 5.75 Å². The second-order valence-electron chi connectivity index (χ2n) is 3.08. The van der Waals surface area contributed by atoms with E-state index in [1.54, 1.807) is 12.1 Å². The molecule has 14 heavy (non-hydrogen) atoms. The first-order chi connectivity index (χ1) is 6.63. The fourth-order valence-corrected chi connectivity index (χ4v) is 1.13. The molecule has 0 spiro atoms. The molecule has 0 saturated carbocycles. The van der Waals surface area contributed by atoms with Crippen LogP contribution < -0.4 is 4.74 Å². The van der Waals surface area contributed by atoms with Crippen LogP contribution in [0, 0.1) is 0 Å². The highest BCUT2D eigenvalue weighted by molar-refractivity contribution is 5.70. The number of esters is 1. The highest BCUT2D eigenvalue weighted by atomic mass is 16.5. The van der Waals surface area contributed by atoms with Crippen molar-refractivity contribution in [2.75, 3.05) is 0 Å². The normalized spacial score (nSPS) is 9.57. The van der Waals surface area contributed by atoms with Gasteiger partial charge in [0.15, 0.2) is 0 Å². The molecular formula is C12H14O2. The highest BCUT2D eigenvalue weighted by Gasteiger charge is 1.99. The first kappa shape index (κ1) is 10.5. The number of hydrogen-bond donors (Lipinski definition) is 0. The van der Waals surface area contributed by atoms with Gasteiger partial charge in [0.25, 0.3) is 0 Å². The molecule has 0 heterocycles. The summed E-state index contributed by atoms with van der Waals surface area (Å²) in [5.74, 6) is 0.275. The van der Waals surface area contributed by atoms with E-state index in [4.69, 9.17) is 4.74 Å². The van der Waals surface area contributed by atoms with Gasteiger partial charge in [-0.3, -0.25) is 4.79 Å². The number of ether oxygens (including phenoxy) is 1. The fourth-order valence-electron chi connectivity index (χ4n) is 1.13. The van der Waals surface area contributed by atoms with Crippen molar-refractivity contribution in [2.45, 2.75) is 20.3 Å². The number of rotatable bonds is 3. The molecule has 0 aromatic heterocycles. The lowest BCUT2D eigenvalue weighted by molar-refractivity contribution is -0.131. The Hall–Kier alpha value is -1.57. The molecule has 0 bridgehead atoms. The van der Waals surface area contributed by atoms with E-state index in [2.05, 4.69) is 13.5 Å². The molecule has 0 amide bonds. The van der Waals surface area contributed by atoms with Gasteiger partial charge < -0.3 is 4.74 Å². The zero-order chi connectivity index (χ0) is 10.6. The number of allylic oxidation sites excluding steroid dienone is 1. The van der Waals surface area contributed by atoms with Crippen LogP contribution in [0.3, 0.4) is 0 Å². The van der Waals surface area contributed by atoms with Crippen LogP contribution in [0.15, 0.2) is 30.8 Å². The van der Waals surface area contributed by atoms with Crippen LogP contribution in [0.5, 0.6) is 5.75 Å². The molecule has 0 radical (unpaired) electrons. The average molecular weight is 190 g/mol. The largest absolute Gasteiger partial charge is 0.427 e. The Labute approximate surface area is 84.2 Å². The molecule has 2 nitrogen and oxygen atoms in total. The van der Waals surface area contributed by atoms with E-state index < -0.39 is 0 Å². The minimum absolute atomic E-state index is 0.299. The number of hydrogen-bond acceptors (Lipinski definition) is 2. The molecule has 0 aliphatic heterocycles. The summed E-state index contributed by atoms with van der Waals surface area (Å²) in [5, 5.41) is 0. The van der Waals surface area contributed by atoms with Crippen molar-refractivity contribution in [3.8, 4) is 5.75 Å². The zero-order valence-corrected chi connectivity index (χ0v) is 8.54. The maximum absolute atomic E-state index is 10.6. The van der Waals surface area contributed by atoms with Gasteiger partial charge >= 0.3 is 5.97 Å². The molecule has 1 aromatic rings. The van der Waals surface area contributed by atoms with E-state index in [0.29, 0.717) is 5.75 Å². The molecule has 0 atom stereocenters. The number of carbonyl (C=O) groups is 1. The summed E-state index contributed by atoms with van der Waals surface area (Å²) in [6.45, 7) is 7.37. The molecule has 0 fully saturated rings. The molecule has 2 heteroatoms. The van der Waals surface area contributed by atoms with Gasteiger partial charge in [0.2, 0.25) is 0 Å². The smallest absolute Gasteiger partial charge is 0.308 e. The van der Waals surface area contributed by atoms with E-state index >= 15 is 0 Å². The topological polar surface area (TPSA) is 26.3 Å². The average Bonchev–Trinajstić information content (AvgIpc) is 2.17. The lowest BCUT2D eigenvalue weighted by atomic mass is 10.1. The molecule has 0 aliphatic carbocycles. The Morgan fingerprint density at radius 1 is 1.36 bits per heavy atom. The summed E-state index contributed by atoms with van der Waals surface area (Å²) in [7, 11) is 0. The quantitative estimate of drug-likeness (QED) is 0.541. The lowest BCUT2D eigenvalue weighted by Gasteiger charge is -2.04. The van der Waals surface area contributed by atoms with Gasteiger partial charge in [-0.25, -0.2) is 0 Å². The Morgan fingerprint density at radius 2 is 1.93 bits per heavy atom. The lowest BCUT2D eigenvalue weighted by Crippen LogP contribution is -2.00. The Kier molecular flexibility index (Phi) is 3.46. The van der Waals surface area contributed by atoms with E-state index in [1.807, 2.05) is 12.1 Å². The van der Waals surface area contributed by atoms with Crippen molar-refractivity contribution in [2.24, 2.45) is 0 Å². The Bertz CT molecular complexity index is 336. The van der Waals surface area contributed by atoms with Crippen LogP contribution in [-0.2, 0) is 4.79 Å². The van der Waals surface area contributed by atoms with Gasteiger partial charge in [-0.2, -0.15) is 0 Å². The fraction of sp³-hybridized carbons (Fsp3) is 0.250. The van der Waals surface area contributed by atoms with E-state index in [9.17, 15) is 4.79 Å². The molecule has 1 rings (SSSR count). The zero-order valence-electron chi connectivity index (χ0n) is 8.54. The Balaban J connectivity index is 2.78. The van der Waals surface area contributed by atoms with Gasteiger partial charge in [-0.05, 0) is 29.7 Å². The second kappa shape index (κ2) is 4.61. The van der Waals surface area contributed by atoms with Crippen molar-refractivity contribution < 1.29 is 9.53 Å². The van der Waals surface area contributed by atoms with Gasteiger partial charge in [-0.1, -0.05) is 25.6 Å². The molecule has 74 valence electrons. The summed E-state index contributed by atoms with van der Waals surface area (Å²) in [6, 6.07) is 7.36. The van der Waals surface area contributed by atoms with Crippen LogP contribution in [0.4, 0.5) is 0 Å². The maximum atomic E-state index is 10.6. The molecule has 0 unspecified atom stereocenters. The molecule has 1 aromatic carbocycles. The third kappa shape index (κ3) is 2.73. The predicted molar refractivity (Wildman–Crippen MR) is 57.1 cm³/mol. The Morgan fingerprint density at radius 3 is 2.36 bits per heavy atom. The van der Waals surface area contributed by atoms with E-state index in [-0.39, 0.29) is 5.97 Å². The molecule has 0 saturated heterocycles. The van der Waals surface area contributed by atoms with Crippen LogP contribution in [0.25, 0.3) is 5.57 Å². The summed E-state index contributed by atoms with van der Waals surface area (Å²) >= 11 is 0. The van der Waals surface area contributed by atoms with Gasteiger partial charge in [0, 0.05) is 6.92 Å². The van der Waals surface area contributed by atoms with Crippen molar-refractivity contribution in [3.05, 3.63) is 36.4 Å². The van der Waals surface area contributed by atoms with Gasteiger partial charge in [0.05, 0.1) is 0 Å². The van der Waals surface area contributed by atoms with Crippen molar-refractivity contribution in [3.63, 3.8) is 0 Å². The molecule has 0 aliphatic rings. The summed E-state index contributed by atoms with van der Waals surface area (Å²) < 4.78 is 4.91. The molecular weight excluding hydrogens is 176 g/mol.